The van der Waals surface area contributed by atoms with Gasteiger partial charge < -0.3 is 33.3 Å². The number of anilines is 2. The van der Waals surface area contributed by atoms with E-state index < -0.39 is 5.79 Å². The minimum atomic E-state index is -0.921. The zero-order valence-electron chi connectivity index (χ0n) is 25.0. The molecule has 2 aliphatic heterocycles. The molecule has 11 heteroatoms. The van der Waals surface area contributed by atoms with Crippen molar-refractivity contribution in [3.05, 3.63) is 88.7 Å². The number of benzene rings is 2. The average molecular weight is 605 g/mol. The Balaban J connectivity index is 1.10. The van der Waals surface area contributed by atoms with Gasteiger partial charge in [0, 0.05) is 55.9 Å². The number of imidazole rings is 1. The Morgan fingerprint density at radius 1 is 1.05 bits per heavy atom. The number of ether oxygens (including phenoxy) is 4. The van der Waals surface area contributed by atoms with E-state index in [1.807, 2.05) is 22.9 Å². The summed E-state index contributed by atoms with van der Waals surface area (Å²) in [5, 5.41) is 0.350. The number of halogens is 1. The molecule has 2 aliphatic rings. The summed E-state index contributed by atoms with van der Waals surface area (Å²) < 4.78 is 26.6. The first kappa shape index (κ1) is 29.2. The van der Waals surface area contributed by atoms with Gasteiger partial charge in [0.1, 0.15) is 18.5 Å². The Morgan fingerprint density at radius 2 is 1.81 bits per heavy atom. The molecule has 0 spiro atoms. The predicted molar refractivity (Wildman–Crippen MR) is 165 cm³/mol. The monoisotopic (exact) mass is 604 g/mol. The highest BCUT2D eigenvalue weighted by molar-refractivity contribution is 6.31. The van der Waals surface area contributed by atoms with E-state index in [9.17, 15) is 0 Å². The molecule has 2 saturated heterocycles. The van der Waals surface area contributed by atoms with Crippen LogP contribution in [-0.2, 0) is 21.8 Å². The van der Waals surface area contributed by atoms with Gasteiger partial charge in [0.2, 0.25) is 11.7 Å². The number of hydrogen-bond acceptors (Lipinski definition) is 9. The van der Waals surface area contributed by atoms with E-state index in [1.54, 1.807) is 25.8 Å². The van der Waals surface area contributed by atoms with E-state index in [0.29, 0.717) is 36.6 Å². The summed E-state index contributed by atoms with van der Waals surface area (Å²) in [5.74, 6) is 0.957. The van der Waals surface area contributed by atoms with Crippen molar-refractivity contribution < 1.29 is 18.9 Å². The fourth-order valence-electron chi connectivity index (χ4n) is 6.13. The quantitative estimate of drug-likeness (QED) is 0.264. The maximum atomic E-state index is 6.71. The Kier molecular flexibility index (Phi) is 8.43. The topological polar surface area (TPSA) is 87.0 Å². The van der Waals surface area contributed by atoms with Gasteiger partial charge in [0.25, 0.3) is 0 Å². The highest BCUT2D eigenvalue weighted by Gasteiger charge is 2.45. The number of methoxy groups -OCH3 is 1. The molecule has 0 amide bonds. The van der Waals surface area contributed by atoms with Crippen LogP contribution in [0, 0.1) is 20.8 Å². The van der Waals surface area contributed by atoms with Crippen LogP contribution < -0.4 is 19.3 Å². The summed E-state index contributed by atoms with van der Waals surface area (Å²) in [6, 6.07) is 12.6. The van der Waals surface area contributed by atoms with E-state index in [0.717, 1.165) is 54.3 Å². The average Bonchev–Trinajstić information content (AvgIpc) is 3.66. The third-order valence-electron chi connectivity index (χ3n) is 7.96. The number of aromatic nitrogens is 4. The lowest BCUT2D eigenvalue weighted by molar-refractivity contribution is -0.190. The molecule has 2 aromatic heterocycles. The summed E-state index contributed by atoms with van der Waals surface area (Å²) in [6.45, 7) is 10.8. The summed E-state index contributed by atoms with van der Waals surface area (Å²) in [6.07, 6.45) is 6.86. The van der Waals surface area contributed by atoms with Crippen LogP contribution in [0.5, 0.6) is 11.6 Å². The van der Waals surface area contributed by atoms with E-state index >= 15 is 0 Å². The molecule has 0 unspecified atom stereocenters. The molecule has 10 nitrogen and oxygen atoms in total. The third kappa shape index (κ3) is 6.27. The molecular weight excluding hydrogens is 568 g/mol. The second kappa shape index (κ2) is 12.4. The molecular formula is C32H37ClN6O4. The van der Waals surface area contributed by atoms with Gasteiger partial charge in [-0.3, -0.25) is 0 Å². The number of aryl methyl sites for hydroxylation is 3. The third-order valence-corrected chi connectivity index (χ3v) is 8.22. The van der Waals surface area contributed by atoms with Gasteiger partial charge >= 0.3 is 0 Å². The number of rotatable bonds is 9. The number of nitrogens with zero attached hydrogens (tertiary/aromatic N) is 6. The lowest BCUT2D eigenvalue weighted by Crippen LogP contribution is -2.47. The van der Waals surface area contributed by atoms with Gasteiger partial charge in [-0.2, -0.15) is 4.98 Å². The molecule has 226 valence electrons. The smallest absolute Gasteiger partial charge is 0.233 e. The SMILES string of the molecule is COc1cnc(N2CCN(c3cccc(OC[C@H]4CO[C@](Cn5ccnc5)(c5c(C)cc(C)cc5C)O4)c3)CC2)c(Cl)n1. The maximum absolute atomic E-state index is 6.71. The normalized spacial score (nSPS) is 20.4. The molecule has 4 heterocycles. The summed E-state index contributed by atoms with van der Waals surface area (Å²) in [5.41, 5.74) is 5.68. The van der Waals surface area contributed by atoms with E-state index in [4.69, 9.17) is 30.5 Å². The van der Waals surface area contributed by atoms with Gasteiger partial charge in [-0.1, -0.05) is 35.4 Å². The summed E-state index contributed by atoms with van der Waals surface area (Å²) >= 11 is 6.36. The first-order valence-corrected chi connectivity index (χ1v) is 14.9. The summed E-state index contributed by atoms with van der Waals surface area (Å²) in [7, 11) is 1.55. The highest BCUT2D eigenvalue weighted by atomic mass is 35.5. The summed E-state index contributed by atoms with van der Waals surface area (Å²) in [4.78, 5) is 17.4. The molecule has 2 atom stereocenters. The van der Waals surface area contributed by atoms with Gasteiger partial charge in [-0.25, -0.2) is 9.97 Å². The van der Waals surface area contributed by atoms with E-state index in [-0.39, 0.29) is 6.10 Å². The Bertz CT molecular complexity index is 1540. The van der Waals surface area contributed by atoms with Gasteiger partial charge in [0.05, 0.1) is 32.8 Å². The predicted octanol–water partition coefficient (Wildman–Crippen LogP) is 4.93. The fraction of sp³-hybridized carbons (Fsp3) is 0.406. The van der Waals surface area contributed by atoms with Crippen molar-refractivity contribution in [3.63, 3.8) is 0 Å². The Hall–Kier alpha value is -3.86. The van der Waals surface area contributed by atoms with Crippen molar-refractivity contribution in [3.8, 4) is 11.6 Å². The van der Waals surface area contributed by atoms with Crippen LogP contribution >= 0.6 is 11.6 Å². The largest absolute Gasteiger partial charge is 0.491 e. The van der Waals surface area contributed by atoms with Crippen molar-refractivity contribution in [2.24, 2.45) is 0 Å². The lowest BCUT2D eigenvalue weighted by atomic mass is 9.93. The van der Waals surface area contributed by atoms with Crippen molar-refractivity contribution in [2.45, 2.75) is 39.2 Å². The molecule has 0 saturated carbocycles. The first-order chi connectivity index (χ1) is 20.8. The molecule has 6 rings (SSSR count). The second-order valence-corrected chi connectivity index (χ2v) is 11.5. The van der Waals surface area contributed by atoms with Crippen LogP contribution in [0.15, 0.2) is 61.3 Å². The minimum Gasteiger partial charge on any atom is -0.491 e. The Labute approximate surface area is 257 Å². The molecule has 0 bridgehead atoms. The maximum Gasteiger partial charge on any atom is 0.233 e. The zero-order valence-corrected chi connectivity index (χ0v) is 25.8. The number of piperazine rings is 1. The molecule has 43 heavy (non-hydrogen) atoms. The van der Waals surface area contributed by atoms with Gasteiger partial charge in [0.15, 0.2) is 11.0 Å². The molecule has 0 aliphatic carbocycles. The first-order valence-electron chi connectivity index (χ1n) is 14.5. The van der Waals surface area contributed by atoms with Gasteiger partial charge in [-0.05, 0) is 44.0 Å². The fourth-order valence-corrected chi connectivity index (χ4v) is 6.38. The molecule has 2 fully saturated rings. The van der Waals surface area contributed by atoms with Crippen LogP contribution in [-0.4, -0.2) is 72.1 Å². The zero-order chi connectivity index (χ0) is 30.0. The van der Waals surface area contributed by atoms with Crippen LogP contribution in [0.25, 0.3) is 0 Å². The van der Waals surface area contributed by atoms with E-state index in [2.05, 4.69) is 69.8 Å². The molecule has 4 aromatic rings. The van der Waals surface area contributed by atoms with Crippen molar-refractivity contribution >= 4 is 23.1 Å². The second-order valence-electron chi connectivity index (χ2n) is 11.1. The van der Waals surface area contributed by atoms with E-state index in [1.165, 1.54) is 5.56 Å². The van der Waals surface area contributed by atoms with Gasteiger partial charge in [-0.15, -0.1) is 0 Å². The Morgan fingerprint density at radius 3 is 2.51 bits per heavy atom. The standard InChI is InChI=1S/C32H37ClN6O4/c1-22-14-23(2)29(24(3)15-22)32(20-37-9-8-34-21-37)42-19-27(43-32)18-41-26-7-5-6-25(16-26)38-10-12-39(13-11-38)31-30(33)36-28(40-4)17-35-31/h5-9,14-17,21,27H,10-13,18-20H2,1-4H3/t27-,32-/m0/s1. The number of hydrogen-bond donors (Lipinski definition) is 0. The van der Waals surface area contributed by atoms with Crippen LogP contribution in [0.3, 0.4) is 0 Å². The van der Waals surface area contributed by atoms with Crippen LogP contribution in [0.1, 0.15) is 22.3 Å². The highest BCUT2D eigenvalue weighted by Crippen LogP contribution is 2.40. The van der Waals surface area contributed by atoms with Crippen molar-refractivity contribution in [2.75, 3.05) is 56.3 Å². The van der Waals surface area contributed by atoms with Crippen molar-refractivity contribution in [1.82, 2.24) is 19.5 Å². The van der Waals surface area contributed by atoms with Crippen LogP contribution in [0.4, 0.5) is 11.5 Å². The van der Waals surface area contributed by atoms with Crippen LogP contribution in [0.2, 0.25) is 5.15 Å². The molecule has 0 radical (unpaired) electrons. The molecule has 0 N–H and O–H groups in total. The molecule has 2 aromatic carbocycles. The van der Waals surface area contributed by atoms with Crippen molar-refractivity contribution in [1.29, 1.82) is 0 Å². The lowest BCUT2D eigenvalue weighted by Gasteiger charge is -2.36. The minimum absolute atomic E-state index is 0.230.